The van der Waals surface area contributed by atoms with Crippen molar-refractivity contribution in [2.24, 2.45) is 0 Å². The number of imidazole rings is 1. The summed E-state index contributed by atoms with van der Waals surface area (Å²) in [5.74, 6) is -0.716. The third kappa shape index (κ3) is 2.51. The Bertz CT molecular complexity index is 811. The molecule has 108 valence electrons. The highest BCUT2D eigenvalue weighted by atomic mass is 35.5. The van der Waals surface area contributed by atoms with Gasteiger partial charge in [0.25, 0.3) is 0 Å². The highest BCUT2D eigenvalue weighted by Crippen LogP contribution is 2.22. The van der Waals surface area contributed by atoms with Gasteiger partial charge in [0.2, 0.25) is 0 Å². The lowest BCUT2D eigenvalue weighted by molar-refractivity contribution is 0.506. The van der Waals surface area contributed by atoms with E-state index in [2.05, 4.69) is 4.98 Å². The Labute approximate surface area is 126 Å². The molecule has 0 aliphatic heterocycles. The van der Waals surface area contributed by atoms with Crippen molar-refractivity contribution < 1.29 is 8.78 Å². The molecule has 0 bridgehead atoms. The smallest absolute Gasteiger partial charge is 0.159 e. The molecule has 0 aliphatic carbocycles. The third-order valence-corrected chi connectivity index (χ3v) is 3.74. The molecule has 0 unspecified atom stereocenters. The van der Waals surface area contributed by atoms with Crippen LogP contribution in [0.25, 0.3) is 11.0 Å². The molecule has 3 aromatic rings. The van der Waals surface area contributed by atoms with Crippen LogP contribution in [0.2, 0.25) is 0 Å². The average Bonchev–Trinajstić information content (AvgIpc) is 2.83. The van der Waals surface area contributed by atoms with Gasteiger partial charge >= 0.3 is 0 Å². The zero-order valence-corrected chi connectivity index (χ0v) is 12.2. The Hall–Kier alpha value is -1.94. The van der Waals surface area contributed by atoms with Crippen molar-refractivity contribution in [3.63, 3.8) is 0 Å². The lowest BCUT2D eigenvalue weighted by Gasteiger charge is -2.08. The van der Waals surface area contributed by atoms with E-state index < -0.39 is 11.6 Å². The molecular weight excluding hydrogens is 294 g/mol. The number of benzene rings is 2. The summed E-state index contributed by atoms with van der Waals surface area (Å²) in [6.45, 7) is 2.38. The lowest BCUT2D eigenvalue weighted by Crippen LogP contribution is -2.04. The Balaban J connectivity index is 2.10. The normalized spacial score (nSPS) is 11.2. The zero-order chi connectivity index (χ0) is 15.0. The minimum absolute atomic E-state index is 0.262. The van der Waals surface area contributed by atoms with Crippen LogP contribution in [0.3, 0.4) is 0 Å². The number of aromatic nitrogens is 2. The number of hydrogen-bond donors (Lipinski definition) is 0. The molecule has 2 nitrogen and oxygen atoms in total. The summed E-state index contributed by atoms with van der Waals surface area (Å²) in [5.41, 5.74) is 3.55. The van der Waals surface area contributed by atoms with Gasteiger partial charge in [-0.05, 0) is 36.2 Å². The van der Waals surface area contributed by atoms with Crippen molar-refractivity contribution in [3.05, 3.63) is 65.0 Å². The van der Waals surface area contributed by atoms with Crippen LogP contribution < -0.4 is 0 Å². The third-order valence-electron chi connectivity index (χ3n) is 3.50. The van der Waals surface area contributed by atoms with Gasteiger partial charge in [0.05, 0.1) is 16.9 Å². The molecule has 0 fully saturated rings. The van der Waals surface area contributed by atoms with Crippen LogP contribution in [0.4, 0.5) is 8.78 Å². The monoisotopic (exact) mass is 306 g/mol. The molecule has 5 heteroatoms. The van der Waals surface area contributed by atoms with Crippen molar-refractivity contribution in [2.45, 2.75) is 19.3 Å². The predicted octanol–water partition coefficient (Wildman–Crippen LogP) is 4.41. The molecule has 0 spiro atoms. The Morgan fingerprint density at radius 1 is 1.14 bits per heavy atom. The summed E-state index contributed by atoms with van der Waals surface area (Å²) in [4.78, 5) is 4.53. The van der Waals surface area contributed by atoms with Gasteiger partial charge in [-0.3, -0.25) is 0 Å². The van der Waals surface area contributed by atoms with Crippen LogP contribution in [0, 0.1) is 18.6 Å². The number of alkyl halides is 1. The first kappa shape index (κ1) is 14.0. The van der Waals surface area contributed by atoms with Gasteiger partial charge in [-0.2, -0.15) is 0 Å². The standard InChI is InChI=1S/C16H13ClF2N2/c1-10-3-2-4-14-16(10)20-15(8-17)21(14)9-11-5-6-12(18)13(19)7-11/h2-7H,8-9H2,1H3. The molecule has 1 aromatic heterocycles. The van der Waals surface area contributed by atoms with Gasteiger partial charge in [-0.25, -0.2) is 13.8 Å². The number of halogens is 3. The SMILES string of the molecule is Cc1cccc2c1nc(CCl)n2Cc1ccc(F)c(F)c1. The van der Waals surface area contributed by atoms with E-state index in [0.29, 0.717) is 17.9 Å². The molecule has 0 atom stereocenters. The Morgan fingerprint density at radius 3 is 2.67 bits per heavy atom. The molecule has 2 aromatic carbocycles. The first-order chi connectivity index (χ1) is 10.1. The summed E-state index contributed by atoms with van der Waals surface area (Å²) in [6, 6.07) is 9.78. The van der Waals surface area contributed by atoms with E-state index in [1.807, 2.05) is 29.7 Å². The maximum Gasteiger partial charge on any atom is 0.159 e. The molecule has 0 amide bonds. The number of para-hydroxylation sites is 1. The first-order valence-electron chi connectivity index (χ1n) is 6.55. The second-order valence-corrected chi connectivity index (χ2v) is 5.21. The van der Waals surface area contributed by atoms with Crippen molar-refractivity contribution in [1.29, 1.82) is 0 Å². The van der Waals surface area contributed by atoms with E-state index in [9.17, 15) is 8.78 Å². The molecule has 0 saturated carbocycles. The number of nitrogens with zero attached hydrogens (tertiary/aromatic N) is 2. The fourth-order valence-corrected chi connectivity index (χ4v) is 2.64. The van der Waals surface area contributed by atoms with E-state index >= 15 is 0 Å². The molecule has 3 rings (SSSR count). The van der Waals surface area contributed by atoms with E-state index in [-0.39, 0.29) is 5.88 Å². The molecule has 21 heavy (non-hydrogen) atoms. The summed E-state index contributed by atoms with van der Waals surface area (Å²) in [7, 11) is 0. The first-order valence-corrected chi connectivity index (χ1v) is 7.08. The van der Waals surface area contributed by atoms with Crippen LogP contribution in [0.1, 0.15) is 17.0 Å². The van der Waals surface area contributed by atoms with Gasteiger partial charge < -0.3 is 4.57 Å². The van der Waals surface area contributed by atoms with Crippen molar-refractivity contribution >= 4 is 22.6 Å². The van der Waals surface area contributed by atoms with Crippen LogP contribution in [-0.4, -0.2) is 9.55 Å². The number of fused-ring (bicyclic) bond motifs is 1. The summed E-state index contributed by atoms with van der Waals surface area (Å²) >= 11 is 5.96. The van der Waals surface area contributed by atoms with Crippen LogP contribution in [0.15, 0.2) is 36.4 Å². The highest BCUT2D eigenvalue weighted by Gasteiger charge is 2.12. The predicted molar refractivity (Wildman–Crippen MR) is 79.5 cm³/mol. The van der Waals surface area contributed by atoms with E-state index in [0.717, 1.165) is 22.7 Å². The van der Waals surface area contributed by atoms with Gasteiger partial charge in [0, 0.05) is 6.54 Å². The van der Waals surface area contributed by atoms with Gasteiger partial charge in [-0.1, -0.05) is 18.2 Å². The summed E-state index contributed by atoms with van der Waals surface area (Å²) < 4.78 is 28.3. The van der Waals surface area contributed by atoms with Crippen LogP contribution >= 0.6 is 11.6 Å². The topological polar surface area (TPSA) is 17.8 Å². The number of hydrogen-bond acceptors (Lipinski definition) is 1. The quantitative estimate of drug-likeness (QED) is 0.655. The molecule has 0 saturated heterocycles. The van der Waals surface area contributed by atoms with Crippen LogP contribution in [0.5, 0.6) is 0 Å². The summed E-state index contributed by atoms with van der Waals surface area (Å²) in [5, 5.41) is 0. The average molecular weight is 307 g/mol. The molecule has 1 heterocycles. The highest BCUT2D eigenvalue weighted by molar-refractivity contribution is 6.16. The fourth-order valence-electron chi connectivity index (χ4n) is 2.43. The Morgan fingerprint density at radius 2 is 1.95 bits per heavy atom. The number of aryl methyl sites for hydroxylation is 1. The zero-order valence-electron chi connectivity index (χ0n) is 11.4. The fraction of sp³-hybridized carbons (Fsp3) is 0.188. The molecular formula is C16H13ClF2N2. The second kappa shape index (κ2) is 5.45. The number of rotatable bonds is 3. The van der Waals surface area contributed by atoms with Crippen molar-refractivity contribution in [2.75, 3.05) is 0 Å². The molecule has 0 aliphatic rings. The minimum Gasteiger partial charge on any atom is -0.322 e. The minimum atomic E-state index is -0.847. The Kier molecular flexibility index (Phi) is 3.64. The van der Waals surface area contributed by atoms with Gasteiger partial charge in [0.1, 0.15) is 5.82 Å². The lowest BCUT2D eigenvalue weighted by atomic mass is 10.2. The van der Waals surface area contributed by atoms with Gasteiger partial charge in [-0.15, -0.1) is 11.6 Å². The molecule has 0 radical (unpaired) electrons. The second-order valence-electron chi connectivity index (χ2n) is 4.94. The maximum atomic E-state index is 13.3. The largest absolute Gasteiger partial charge is 0.322 e. The van der Waals surface area contributed by atoms with Crippen molar-refractivity contribution in [1.82, 2.24) is 9.55 Å². The van der Waals surface area contributed by atoms with E-state index in [4.69, 9.17) is 11.6 Å². The van der Waals surface area contributed by atoms with Crippen molar-refractivity contribution in [3.8, 4) is 0 Å². The van der Waals surface area contributed by atoms with Crippen LogP contribution in [-0.2, 0) is 12.4 Å². The maximum absolute atomic E-state index is 13.3. The van der Waals surface area contributed by atoms with E-state index in [1.54, 1.807) is 6.07 Å². The summed E-state index contributed by atoms with van der Waals surface area (Å²) in [6.07, 6.45) is 0. The van der Waals surface area contributed by atoms with Gasteiger partial charge in [0.15, 0.2) is 11.6 Å². The van der Waals surface area contributed by atoms with E-state index in [1.165, 1.54) is 6.07 Å². The molecule has 0 N–H and O–H groups in total.